The predicted octanol–water partition coefficient (Wildman–Crippen LogP) is 3.11. The van der Waals surface area contributed by atoms with Crippen LogP contribution in [-0.2, 0) is 4.74 Å². The fourth-order valence-corrected chi connectivity index (χ4v) is 1.95. The van der Waals surface area contributed by atoms with E-state index in [-0.39, 0.29) is 11.5 Å². The highest BCUT2D eigenvalue weighted by molar-refractivity contribution is 6.30. The summed E-state index contributed by atoms with van der Waals surface area (Å²) >= 11 is 5.91. The molecule has 1 aromatic heterocycles. The highest BCUT2D eigenvalue weighted by Crippen LogP contribution is 2.28. The minimum Gasteiger partial charge on any atom is -0.463 e. The van der Waals surface area contributed by atoms with Crippen LogP contribution >= 0.6 is 11.6 Å². The first-order chi connectivity index (χ1) is 9.02. The standard InChI is InChI=1S/C14H13ClO4/c1-8-3-4-9(15)7-10(8)13(16)11-5-6-12(19-11)14(17)18-2/h3-7,13,16H,1-2H3. The molecular weight excluding hydrogens is 268 g/mol. The van der Waals surface area contributed by atoms with Crippen LogP contribution in [0.4, 0.5) is 0 Å². The molecular formula is C14H13ClO4. The Kier molecular flexibility index (Phi) is 3.93. The summed E-state index contributed by atoms with van der Waals surface area (Å²) in [4.78, 5) is 11.3. The van der Waals surface area contributed by atoms with Gasteiger partial charge in [-0.25, -0.2) is 4.79 Å². The molecule has 19 heavy (non-hydrogen) atoms. The summed E-state index contributed by atoms with van der Waals surface area (Å²) in [5.74, 6) is -0.261. The third kappa shape index (κ3) is 2.80. The van der Waals surface area contributed by atoms with E-state index in [1.807, 2.05) is 13.0 Å². The molecule has 1 N–H and O–H groups in total. The lowest BCUT2D eigenvalue weighted by Crippen LogP contribution is -2.02. The van der Waals surface area contributed by atoms with Gasteiger partial charge in [0.2, 0.25) is 5.76 Å². The van der Waals surface area contributed by atoms with Gasteiger partial charge in [0.1, 0.15) is 11.9 Å². The zero-order valence-corrected chi connectivity index (χ0v) is 11.3. The second kappa shape index (κ2) is 5.47. The van der Waals surface area contributed by atoms with E-state index in [1.165, 1.54) is 19.2 Å². The lowest BCUT2D eigenvalue weighted by molar-refractivity contribution is 0.0558. The van der Waals surface area contributed by atoms with Gasteiger partial charge in [0.15, 0.2) is 0 Å². The van der Waals surface area contributed by atoms with E-state index in [0.29, 0.717) is 10.6 Å². The molecule has 0 aliphatic heterocycles. The van der Waals surface area contributed by atoms with Crippen molar-refractivity contribution in [3.63, 3.8) is 0 Å². The van der Waals surface area contributed by atoms with Crippen LogP contribution in [0.2, 0.25) is 5.02 Å². The van der Waals surface area contributed by atoms with Crippen molar-refractivity contribution < 1.29 is 19.1 Å². The average molecular weight is 281 g/mol. The van der Waals surface area contributed by atoms with Crippen LogP contribution in [0.1, 0.15) is 33.5 Å². The number of aliphatic hydroxyl groups is 1. The SMILES string of the molecule is COC(=O)c1ccc(C(O)c2cc(Cl)ccc2C)o1. The number of rotatable bonds is 3. The quantitative estimate of drug-likeness (QED) is 0.878. The number of aryl methyl sites for hydroxylation is 1. The topological polar surface area (TPSA) is 59.7 Å². The van der Waals surface area contributed by atoms with Crippen molar-refractivity contribution in [1.82, 2.24) is 0 Å². The molecule has 0 fully saturated rings. The number of esters is 1. The summed E-state index contributed by atoms with van der Waals surface area (Å²) in [5.41, 5.74) is 1.52. The lowest BCUT2D eigenvalue weighted by atomic mass is 10.0. The number of carbonyl (C=O) groups excluding carboxylic acids is 1. The van der Waals surface area contributed by atoms with E-state index in [2.05, 4.69) is 4.74 Å². The first kappa shape index (κ1) is 13.6. The van der Waals surface area contributed by atoms with Crippen LogP contribution in [-0.4, -0.2) is 18.2 Å². The second-order valence-corrected chi connectivity index (χ2v) is 4.53. The van der Waals surface area contributed by atoms with Gasteiger partial charge in [-0.05, 0) is 42.3 Å². The molecule has 2 aromatic rings. The molecule has 4 nitrogen and oxygen atoms in total. The van der Waals surface area contributed by atoms with Gasteiger partial charge >= 0.3 is 5.97 Å². The van der Waals surface area contributed by atoms with Gasteiger partial charge in [-0.2, -0.15) is 0 Å². The summed E-state index contributed by atoms with van der Waals surface area (Å²) in [6.45, 7) is 1.86. The Morgan fingerprint density at radius 2 is 2.11 bits per heavy atom. The molecule has 0 spiro atoms. The molecule has 1 heterocycles. The molecule has 1 unspecified atom stereocenters. The van der Waals surface area contributed by atoms with E-state index >= 15 is 0 Å². The van der Waals surface area contributed by atoms with Gasteiger partial charge in [0.25, 0.3) is 0 Å². The first-order valence-corrected chi connectivity index (χ1v) is 6.03. The molecule has 5 heteroatoms. The maximum Gasteiger partial charge on any atom is 0.373 e. The van der Waals surface area contributed by atoms with Crippen LogP contribution < -0.4 is 0 Å². The molecule has 1 aromatic carbocycles. The molecule has 0 bridgehead atoms. The summed E-state index contributed by atoms with van der Waals surface area (Å²) in [7, 11) is 1.27. The minimum absolute atomic E-state index is 0.0521. The Balaban J connectivity index is 2.33. The molecule has 1 atom stereocenters. The smallest absolute Gasteiger partial charge is 0.373 e. The summed E-state index contributed by atoms with van der Waals surface area (Å²) < 4.78 is 9.82. The number of carbonyl (C=O) groups is 1. The van der Waals surface area contributed by atoms with Gasteiger partial charge in [0.05, 0.1) is 7.11 Å². The number of furan rings is 1. The number of aliphatic hydroxyl groups excluding tert-OH is 1. The van der Waals surface area contributed by atoms with E-state index in [1.54, 1.807) is 12.1 Å². The lowest BCUT2D eigenvalue weighted by Gasteiger charge is -2.11. The van der Waals surface area contributed by atoms with Gasteiger partial charge in [-0.1, -0.05) is 17.7 Å². The van der Waals surface area contributed by atoms with E-state index in [4.69, 9.17) is 16.0 Å². The molecule has 0 saturated carbocycles. The van der Waals surface area contributed by atoms with Gasteiger partial charge in [-0.15, -0.1) is 0 Å². The molecule has 2 rings (SSSR count). The number of methoxy groups -OCH3 is 1. The maximum atomic E-state index is 11.3. The van der Waals surface area contributed by atoms with Crippen molar-refractivity contribution in [3.8, 4) is 0 Å². The fraction of sp³-hybridized carbons (Fsp3) is 0.214. The van der Waals surface area contributed by atoms with Crippen LogP contribution in [0.25, 0.3) is 0 Å². The van der Waals surface area contributed by atoms with Crippen LogP contribution in [0.15, 0.2) is 34.7 Å². The van der Waals surface area contributed by atoms with Crippen LogP contribution in [0, 0.1) is 6.92 Å². The summed E-state index contributed by atoms with van der Waals surface area (Å²) in [5, 5.41) is 10.8. The first-order valence-electron chi connectivity index (χ1n) is 5.65. The number of hydrogen-bond donors (Lipinski definition) is 1. The van der Waals surface area contributed by atoms with Crippen molar-refractivity contribution in [2.45, 2.75) is 13.0 Å². The molecule has 0 saturated heterocycles. The zero-order valence-electron chi connectivity index (χ0n) is 10.5. The van der Waals surface area contributed by atoms with Crippen molar-refractivity contribution in [1.29, 1.82) is 0 Å². The molecule has 100 valence electrons. The Morgan fingerprint density at radius 1 is 1.37 bits per heavy atom. The van der Waals surface area contributed by atoms with E-state index in [9.17, 15) is 9.90 Å². The maximum absolute atomic E-state index is 11.3. The van der Waals surface area contributed by atoms with Crippen molar-refractivity contribution >= 4 is 17.6 Å². The number of hydrogen-bond acceptors (Lipinski definition) is 4. The van der Waals surface area contributed by atoms with Gasteiger partial charge in [-0.3, -0.25) is 0 Å². The van der Waals surface area contributed by atoms with Crippen molar-refractivity contribution in [2.24, 2.45) is 0 Å². The van der Waals surface area contributed by atoms with E-state index in [0.717, 1.165) is 5.56 Å². The normalized spacial score (nSPS) is 12.2. The average Bonchev–Trinajstić information content (AvgIpc) is 2.89. The highest BCUT2D eigenvalue weighted by atomic mass is 35.5. The second-order valence-electron chi connectivity index (χ2n) is 4.10. The van der Waals surface area contributed by atoms with Crippen LogP contribution in [0.5, 0.6) is 0 Å². The largest absolute Gasteiger partial charge is 0.463 e. The summed E-state index contributed by atoms with van der Waals surface area (Å²) in [6.07, 6.45) is -0.975. The highest BCUT2D eigenvalue weighted by Gasteiger charge is 2.19. The fourth-order valence-electron chi connectivity index (χ4n) is 1.77. The Hall–Kier alpha value is -1.78. The van der Waals surface area contributed by atoms with Gasteiger partial charge in [0, 0.05) is 5.02 Å². The number of benzene rings is 1. The third-order valence-electron chi connectivity index (χ3n) is 2.82. The van der Waals surface area contributed by atoms with Crippen molar-refractivity contribution in [2.75, 3.05) is 7.11 Å². The monoisotopic (exact) mass is 280 g/mol. The number of halogens is 1. The third-order valence-corrected chi connectivity index (χ3v) is 3.05. The molecule has 0 aliphatic rings. The van der Waals surface area contributed by atoms with Crippen molar-refractivity contribution in [3.05, 3.63) is 58.0 Å². The Bertz CT molecular complexity index is 603. The Morgan fingerprint density at radius 3 is 2.79 bits per heavy atom. The Labute approximate surface area is 115 Å². The molecule has 0 amide bonds. The van der Waals surface area contributed by atoms with Crippen LogP contribution in [0.3, 0.4) is 0 Å². The summed E-state index contributed by atoms with van der Waals surface area (Å²) in [6, 6.07) is 8.23. The minimum atomic E-state index is -0.975. The van der Waals surface area contributed by atoms with Gasteiger partial charge < -0.3 is 14.3 Å². The zero-order chi connectivity index (χ0) is 14.0. The molecule has 0 radical (unpaired) electrons. The number of ether oxygens (including phenoxy) is 1. The molecule has 0 aliphatic carbocycles. The predicted molar refractivity (Wildman–Crippen MR) is 70.3 cm³/mol. The van der Waals surface area contributed by atoms with E-state index < -0.39 is 12.1 Å².